The molecule has 0 aliphatic rings. The number of hydrogen-bond acceptors (Lipinski definition) is 2. The minimum atomic E-state index is -5.40. The van der Waals surface area contributed by atoms with Crippen LogP contribution in [0.25, 0.3) is 0 Å². The van der Waals surface area contributed by atoms with E-state index in [4.69, 9.17) is 0 Å². The van der Waals surface area contributed by atoms with Gasteiger partial charge in [0.25, 0.3) is 0 Å². The first-order chi connectivity index (χ1) is 8.11. The van der Waals surface area contributed by atoms with Crippen LogP contribution in [-0.4, -0.2) is 30.9 Å². The average Bonchev–Trinajstić information content (AvgIpc) is 2.11. The van der Waals surface area contributed by atoms with Crippen molar-refractivity contribution in [1.82, 2.24) is 0 Å². The van der Waals surface area contributed by atoms with Gasteiger partial charge in [0.15, 0.2) is 5.83 Å². The van der Waals surface area contributed by atoms with Crippen LogP contribution in [0.2, 0.25) is 0 Å². The van der Waals surface area contributed by atoms with Crippen LogP contribution in [0.3, 0.4) is 0 Å². The topological polar surface area (TPSA) is 18.5 Å². The summed E-state index contributed by atoms with van der Waals surface area (Å²) in [6.07, 6.45) is -15.8. The molecule has 0 aromatic heterocycles. The first-order valence-electron chi connectivity index (χ1n) is 4.31. The Kier molecular flexibility index (Phi) is 4.93. The molecule has 0 heterocycles. The molecule has 114 valence electrons. The van der Waals surface area contributed by atoms with E-state index in [9.17, 15) is 39.5 Å². The molecule has 0 amide bonds. The molecule has 0 rings (SSSR count). The van der Waals surface area contributed by atoms with Crippen molar-refractivity contribution < 1.29 is 49.0 Å². The quantitative estimate of drug-likeness (QED) is 0.692. The van der Waals surface area contributed by atoms with Crippen molar-refractivity contribution in [3.63, 3.8) is 0 Å². The van der Waals surface area contributed by atoms with E-state index < -0.39 is 36.7 Å². The summed E-state index contributed by atoms with van der Waals surface area (Å²) < 4.78 is 116. The molecule has 2 nitrogen and oxygen atoms in total. The van der Waals surface area contributed by atoms with Crippen LogP contribution in [0, 0.1) is 0 Å². The lowest BCUT2D eigenvalue weighted by molar-refractivity contribution is -0.434. The Morgan fingerprint density at radius 3 is 1.74 bits per heavy atom. The van der Waals surface area contributed by atoms with Gasteiger partial charge >= 0.3 is 24.2 Å². The largest absolute Gasteiger partial charge is 0.414 e. The van der Waals surface area contributed by atoms with E-state index in [0.717, 1.165) is 0 Å². The van der Waals surface area contributed by atoms with E-state index in [0.29, 0.717) is 0 Å². The molecule has 1 atom stereocenters. The molecule has 0 radical (unpaired) electrons. The van der Waals surface area contributed by atoms with Crippen molar-refractivity contribution in [2.45, 2.75) is 31.2 Å². The van der Waals surface area contributed by atoms with Crippen molar-refractivity contribution in [1.29, 1.82) is 0 Å². The van der Waals surface area contributed by atoms with Gasteiger partial charge < -0.3 is 4.74 Å². The maximum atomic E-state index is 13.1. The third kappa shape index (κ3) is 5.27. The van der Waals surface area contributed by atoms with E-state index in [2.05, 4.69) is 9.47 Å². The minimum Gasteiger partial charge on any atom is -0.306 e. The Morgan fingerprint density at radius 1 is 1.00 bits per heavy atom. The lowest BCUT2D eigenvalue weighted by Gasteiger charge is -2.31. The molecule has 19 heavy (non-hydrogen) atoms. The van der Waals surface area contributed by atoms with Gasteiger partial charge in [0.2, 0.25) is 0 Å². The van der Waals surface area contributed by atoms with Gasteiger partial charge in [-0.2, -0.15) is 30.7 Å². The van der Waals surface area contributed by atoms with Gasteiger partial charge in [0, 0.05) is 6.92 Å². The lowest BCUT2D eigenvalue weighted by Crippen LogP contribution is -2.51. The van der Waals surface area contributed by atoms with Crippen molar-refractivity contribution in [2.75, 3.05) is 6.61 Å². The smallest absolute Gasteiger partial charge is 0.306 e. The van der Waals surface area contributed by atoms with E-state index >= 15 is 0 Å². The highest BCUT2D eigenvalue weighted by Gasteiger charge is 2.60. The summed E-state index contributed by atoms with van der Waals surface area (Å²) in [5, 5.41) is 0. The molecule has 0 N–H and O–H groups in total. The second-order valence-electron chi connectivity index (χ2n) is 3.36. The second kappa shape index (κ2) is 5.19. The van der Waals surface area contributed by atoms with Crippen LogP contribution in [0.4, 0.5) is 39.5 Å². The fourth-order valence-electron chi connectivity index (χ4n) is 0.657. The first kappa shape index (κ1) is 18.0. The molecule has 0 saturated carbocycles. The van der Waals surface area contributed by atoms with Crippen molar-refractivity contribution >= 4 is 0 Å². The number of hydrogen-bond donors (Lipinski definition) is 0. The fraction of sp³-hybridized carbons (Fsp3) is 0.750. The fourth-order valence-corrected chi connectivity index (χ4v) is 0.657. The zero-order chi connectivity index (χ0) is 15.7. The Balaban J connectivity index is 4.92. The van der Waals surface area contributed by atoms with E-state index in [1.54, 1.807) is 0 Å². The van der Waals surface area contributed by atoms with Crippen LogP contribution in [0.1, 0.15) is 6.92 Å². The monoisotopic (exact) mass is 306 g/mol. The predicted molar refractivity (Wildman–Crippen MR) is 42.7 cm³/mol. The number of rotatable bonds is 6. The number of halogens is 9. The minimum absolute atomic E-state index is 0.347. The second-order valence-corrected chi connectivity index (χ2v) is 3.36. The molecule has 0 aliphatic carbocycles. The summed E-state index contributed by atoms with van der Waals surface area (Å²) >= 11 is 0. The Bertz CT molecular complexity index is 334. The van der Waals surface area contributed by atoms with Crippen LogP contribution in [-0.2, 0) is 9.47 Å². The van der Waals surface area contributed by atoms with Crippen LogP contribution >= 0.6 is 0 Å². The Morgan fingerprint density at radius 2 is 1.42 bits per heavy atom. The molecule has 0 aromatic carbocycles. The van der Waals surface area contributed by atoms with Gasteiger partial charge in [-0.05, 0) is 0 Å². The Hall–Kier alpha value is -0.970. The molecular formula is C8H7F9O2. The SMILES string of the molecule is C=C(F)C(F)(F)OC(C)(F)C(F)(F)OCC(F)(F)F. The van der Waals surface area contributed by atoms with E-state index in [-0.39, 0.29) is 6.92 Å². The van der Waals surface area contributed by atoms with Gasteiger partial charge in [-0.1, -0.05) is 6.58 Å². The molecule has 0 saturated heterocycles. The maximum Gasteiger partial charge on any atom is 0.414 e. The zero-order valence-electron chi connectivity index (χ0n) is 9.13. The highest BCUT2D eigenvalue weighted by atomic mass is 19.4. The number of ether oxygens (including phenoxy) is 2. The highest BCUT2D eigenvalue weighted by molar-refractivity contribution is 4.93. The van der Waals surface area contributed by atoms with Gasteiger partial charge in [-0.15, -0.1) is 0 Å². The molecule has 11 heteroatoms. The standard InChI is InChI=1S/C8H7F9O2/c1-4(9)7(14,15)19-5(2,10)8(16,17)18-3-6(11,12)13/h1,3H2,2H3. The highest BCUT2D eigenvalue weighted by Crippen LogP contribution is 2.41. The summed E-state index contributed by atoms with van der Waals surface area (Å²) in [5.74, 6) is -7.33. The molecule has 0 aromatic rings. The number of alkyl halides is 8. The maximum absolute atomic E-state index is 13.1. The summed E-state index contributed by atoms with van der Waals surface area (Å²) in [7, 11) is 0. The summed E-state index contributed by atoms with van der Waals surface area (Å²) in [6.45, 7) is -0.963. The molecule has 0 aliphatic heterocycles. The van der Waals surface area contributed by atoms with Gasteiger partial charge in [0.1, 0.15) is 6.61 Å². The molecule has 0 bridgehead atoms. The third-order valence-electron chi connectivity index (χ3n) is 1.57. The van der Waals surface area contributed by atoms with Crippen LogP contribution in [0.15, 0.2) is 12.4 Å². The van der Waals surface area contributed by atoms with Crippen LogP contribution in [0.5, 0.6) is 0 Å². The van der Waals surface area contributed by atoms with Gasteiger partial charge in [-0.25, -0.2) is 8.78 Å². The first-order valence-corrected chi connectivity index (χ1v) is 4.31. The summed E-state index contributed by atoms with van der Waals surface area (Å²) in [6, 6.07) is 0. The normalized spacial score (nSPS) is 17.2. The van der Waals surface area contributed by atoms with Gasteiger partial charge in [-0.3, -0.25) is 4.74 Å². The molecular weight excluding hydrogens is 299 g/mol. The predicted octanol–water partition coefficient (Wildman–Crippen LogP) is 3.94. The third-order valence-corrected chi connectivity index (χ3v) is 1.57. The van der Waals surface area contributed by atoms with Gasteiger partial charge in [0.05, 0.1) is 0 Å². The summed E-state index contributed by atoms with van der Waals surface area (Å²) in [5.41, 5.74) is 0. The van der Waals surface area contributed by atoms with Crippen molar-refractivity contribution in [3.05, 3.63) is 12.4 Å². The summed E-state index contributed by atoms with van der Waals surface area (Å²) in [4.78, 5) is 0. The lowest BCUT2D eigenvalue weighted by atomic mass is 10.3. The molecule has 0 spiro atoms. The van der Waals surface area contributed by atoms with E-state index in [1.165, 1.54) is 0 Å². The van der Waals surface area contributed by atoms with Crippen LogP contribution < -0.4 is 0 Å². The molecule has 0 fully saturated rings. The average molecular weight is 306 g/mol. The zero-order valence-corrected chi connectivity index (χ0v) is 9.13. The van der Waals surface area contributed by atoms with Crippen molar-refractivity contribution in [3.8, 4) is 0 Å². The Labute approximate surface area is 100 Å². The molecule has 1 unspecified atom stereocenters. The van der Waals surface area contributed by atoms with E-state index in [1.807, 2.05) is 6.58 Å². The van der Waals surface area contributed by atoms with Crippen molar-refractivity contribution in [2.24, 2.45) is 0 Å².